The molecule has 2 N–H and O–H groups in total. The maximum Gasteiger partial charge on any atom is 0.287 e. The van der Waals surface area contributed by atoms with E-state index in [1.54, 1.807) is 23.1 Å². The smallest absolute Gasteiger partial charge is 0.287 e. The first-order valence-electron chi connectivity index (χ1n) is 9.05. The largest absolute Gasteiger partial charge is 0.459 e. The quantitative estimate of drug-likeness (QED) is 0.621. The van der Waals surface area contributed by atoms with Crippen molar-refractivity contribution < 1.29 is 14.0 Å². The van der Waals surface area contributed by atoms with Gasteiger partial charge in [-0.1, -0.05) is 38.1 Å². The van der Waals surface area contributed by atoms with Gasteiger partial charge in [0.1, 0.15) is 18.7 Å². The molecule has 0 aliphatic heterocycles. The summed E-state index contributed by atoms with van der Waals surface area (Å²) in [5.41, 5.74) is 2.06. The predicted molar refractivity (Wildman–Crippen MR) is 102 cm³/mol. The Morgan fingerprint density at radius 2 is 1.89 bits per heavy atom. The molecule has 0 aliphatic rings. The number of amides is 2. The van der Waals surface area contributed by atoms with E-state index in [1.165, 1.54) is 12.6 Å². The molecule has 1 aromatic carbocycles. The van der Waals surface area contributed by atoms with Gasteiger partial charge in [-0.3, -0.25) is 9.59 Å². The molecule has 3 aromatic rings. The summed E-state index contributed by atoms with van der Waals surface area (Å²) in [6, 6.07) is 10.4. The maximum atomic E-state index is 12.6. The third kappa shape index (κ3) is 5.06. The number of carbonyl (C=O) groups is 2. The molecular weight excluding hydrogens is 358 g/mol. The number of nitrogens with zero attached hydrogens (tertiary/aromatic N) is 3. The number of benzene rings is 1. The standard InChI is InChI=1S/C20H23N5O3/c1-14(2)18(24-19(26)17-4-3-9-28-17)20(27)22-10-15-5-7-16(8-6-15)11-25-13-21-12-23-25/h3-9,12-14,18H,10-11H2,1-2H3,(H,22,27)(H,24,26). The highest BCUT2D eigenvalue weighted by Crippen LogP contribution is 2.08. The van der Waals surface area contributed by atoms with E-state index in [0.717, 1.165) is 11.1 Å². The summed E-state index contributed by atoms with van der Waals surface area (Å²) in [5.74, 6) is -0.525. The van der Waals surface area contributed by atoms with Crippen LogP contribution in [0.1, 0.15) is 35.5 Å². The SMILES string of the molecule is CC(C)C(NC(=O)c1ccco1)C(=O)NCc1ccc(Cn2cncn2)cc1. The van der Waals surface area contributed by atoms with E-state index in [0.29, 0.717) is 13.1 Å². The van der Waals surface area contributed by atoms with Crippen molar-refractivity contribution in [3.05, 3.63) is 72.2 Å². The number of nitrogens with one attached hydrogen (secondary N) is 2. The highest BCUT2D eigenvalue weighted by atomic mass is 16.3. The van der Waals surface area contributed by atoms with Crippen LogP contribution in [0.15, 0.2) is 59.7 Å². The third-order valence-corrected chi connectivity index (χ3v) is 4.28. The highest BCUT2D eigenvalue weighted by molar-refractivity contribution is 5.95. The second-order valence-corrected chi connectivity index (χ2v) is 6.80. The van der Waals surface area contributed by atoms with E-state index >= 15 is 0 Å². The fraction of sp³-hybridized carbons (Fsp3) is 0.300. The molecule has 0 radical (unpaired) electrons. The number of rotatable bonds is 8. The molecule has 0 spiro atoms. The second kappa shape index (κ2) is 8.98. The Balaban J connectivity index is 1.54. The molecule has 8 nitrogen and oxygen atoms in total. The minimum atomic E-state index is -0.649. The molecule has 2 amide bonds. The second-order valence-electron chi connectivity index (χ2n) is 6.80. The predicted octanol–water partition coefficient (Wildman–Crippen LogP) is 1.99. The van der Waals surface area contributed by atoms with Gasteiger partial charge in [-0.25, -0.2) is 9.67 Å². The molecule has 146 valence electrons. The van der Waals surface area contributed by atoms with Crippen molar-refractivity contribution in [1.29, 1.82) is 0 Å². The van der Waals surface area contributed by atoms with Crippen LogP contribution in [0.4, 0.5) is 0 Å². The lowest BCUT2D eigenvalue weighted by Gasteiger charge is -2.21. The van der Waals surface area contributed by atoms with Crippen LogP contribution in [-0.4, -0.2) is 32.6 Å². The van der Waals surface area contributed by atoms with Gasteiger partial charge in [-0.2, -0.15) is 5.10 Å². The van der Waals surface area contributed by atoms with E-state index < -0.39 is 11.9 Å². The zero-order valence-corrected chi connectivity index (χ0v) is 15.8. The van der Waals surface area contributed by atoms with Crippen LogP contribution in [0.2, 0.25) is 0 Å². The van der Waals surface area contributed by atoms with Gasteiger partial charge in [-0.05, 0) is 29.2 Å². The summed E-state index contributed by atoms with van der Waals surface area (Å²) in [4.78, 5) is 28.7. The van der Waals surface area contributed by atoms with Crippen LogP contribution >= 0.6 is 0 Å². The summed E-state index contributed by atoms with van der Waals surface area (Å²) in [7, 11) is 0. The molecule has 0 fully saturated rings. The number of aromatic nitrogens is 3. The van der Waals surface area contributed by atoms with Crippen LogP contribution < -0.4 is 10.6 Å². The van der Waals surface area contributed by atoms with Crippen molar-refractivity contribution in [3.63, 3.8) is 0 Å². The maximum absolute atomic E-state index is 12.6. The van der Waals surface area contributed by atoms with E-state index in [2.05, 4.69) is 20.7 Å². The molecule has 3 rings (SSSR count). The molecular formula is C20H23N5O3. The normalized spacial score (nSPS) is 12.0. The van der Waals surface area contributed by atoms with Crippen molar-refractivity contribution in [2.75, 3.05) is 0 Å². The molecule has 1 unspecified atom stereocenters. The molecule has 8 heteroatoms. The minimum Gasteiger partial charge on any atom is -0.459 e. The number of carbonyl (C=O) groups excluding carboxylic acids is 2. The molecule has 2 aromatic heterocycles. The van der Waals surface area contributed by atoms with Crippen LogP contribution in [0.3, 0.4) is 0 Å². The van der Waals surface area contributed by atoms with Gasteiger partial charge in [0.2, 0.25) is 5.91 Å². The van der Waals surface area contributed by atoms with Gasteiger partial charge < -0.3 is 15.1 Å². The molecule has 0 aliphatic carbocycles. The summed E-state index contributed by atoms with van der Waals surface area (Å²) in [5, 5.41) is 9.69. The first-order valence-corrected chi connectivity index (χ1v) is 9.05. The summed E-state index contributed by atoms with van der Waals surface area (Å²) >= 11 is 0. The van der Waals surface area contributed by atoms with Gasteiger partial charge in [-0.15, -0.1) is 0 Å². The Morgan fingerprint density at radius 3 is 2.50 bits per heavy atom. The molecule has 0 saturated heterocycles. The molecule has 28 heavy (non-hydrogen) atoms. The van der Waals surface area contributed by atoms with Crippen molar-refractivity contribution in [2.24, 2.45) is 5.92 Å². The fourth-order valence-electron chi connectivity index (χ4n) is 2.72. The average Bonchev–Trinajstić information content (AvgIpc) is 3.39. The highest BCUT2D eigenvalue weighted by Gasteiger charge is 2.25. The Labute approximate surface area is 163 Å². The van der Waals surface area contributed by atoms with Crippen molar-refractivity contribution in [2.45, 2.75) is 33.0 Å². The molecule has 0 bridgehead atoms. The Kier molecular flexibility index (Phi) is 6.21. The van der Waals surface area contributed by atoms with Crippen LogP contribution in [0.25, 0.3) is 0 Å². The monoisotopic (exact) mass is 381 g/mol. The lowest BCUT2D eigenvalue weighted by molar-refractivity contribution is -0.124. The first kappa shape index (κ1) is 19.3. The Hall–Kier alpha value is -3.42. The average molecular weight is 381 g/mol. The van der Waals surface area contributed by atoms with Crippen LogP contribution in [0, 0.1) is 5.92 Å². The van der Waals surface area contributed by atoms with Gasteiger partial charge in [0, 0.05) is 6.54 Å². The van der Waals surface area contributed by atoms with Gasteiger partial charge in [0.15, 0.2) is 5.76 Å². The third-order valence-electron chi connectivity index (χ3n) is 4.28. The van der Waals surface area contributed by atoms with E-state index in [9.17, 15) is 9.59 Å². The van der Waals surface area contributed by atoms with E-state index in [1.807, 2.05) is 38.1 Å². The van der Waals surface area contributed by atoms with Crippen LogP contribution in [-0.2, 0) is 17.9 Å². The molecule has 1 atom stereocenters. The van der Waals surface area contributed by atoms with Crippen molar-refractivity contribution >= 4 is 11.8 Å². The lowest BCUT2D eigenvalue weighted by Crippen LogP contribution is -2.49. The van der Waals surface area contributed by atoms with Gasteiger partial charge in [0.05, 0.1) is 12.8 Å². The summed E-state index contributed by atoms with van der Waals surface area (Å²) in [6.45, 7) is 4.78. The van der Waals surface area contributed by atoms with Crippen LogP contribution in [0.5, 0.6) is 0 Å². The summed E-state index contributed by atoms with van der Waals surface area (Å²) < 4.78 is 6.82. The number of furan rings is 1. The summed E-state index contributed by atoms with van der Waals surface area (Å²) in [6.07, 6.45) is 4.59. The van der Waals surface area contributed by atoms with Crippen molar-refractivity contribution in [3.8, 4) is 0 Å². The number of hydrogen-bond acceptors (Lipinski definition) is 5. The zero-order valence-electron chi connectivity index (χ0n) is 15.8. The van der Waals surface area contributed by atoms with E-state index in [4.69, 9.17) is 4.42 Å². The van der Waals surface area contributed by atoms with Crippen molar-refractivity contribution in [1.82, 2.24) is 25.4 Å². The topological polar surface area (TPSA) is 102 Å². The number of hydrogen-bond donors (Lipinski definition) is 2. The Morgan fingerprint density at radius 1 is 1.14 bits per heavy atom. The minimum absolute atomic E-state index is 0.0658. The first-order chi connectivity index (χ1) is 13.5. The molecule has 2 heterocycles. The lowest BCUT2D eigenvalue weighted by atomic mass is 10.0. The van der Waals surface area contributed by atoms with Gasteiger partial charge >= 0.3 is 0 Å². The Bertz CT molecular complexity index is 887. The molecule has 0 saturated carbocycles. The van der Waals surface area contributed by atoms with Gasteiger partial charge in [0.25, 0.3) is 5.91 Å². The van der Waals surface area contributed by atoms with E-state index in [-0.39, 0.29) is 17.6 Å². The fourth-order valence-corrected chi connectivity index (χ4v) is 2.72. The zero-order chi connectivity index (χ0) is 19.9.